The van der Waals surface area contributed by atoms with Crippen LogP contribution in [0.15, 0.2) is 60.7 Å². The molecule has 0 spiro atoms. The van der Waals surface area contributed by atoms with Crippen molar-refractivity contribution in [3.63, 3.8) is 0 Å². The van der Waals surface area contributed by atoms with Crippen LogP contribution in [0.25, 0.3) is 0 Å². The molecular formula is C22H24N2O6S. The fourth-order valence-corrected chi connectivity index (χ4v) is 4.96. The number of sulfone groups is 1. The predicted octanol–water partition coefficient (Wildman–Crippen LogP) is 0.874. The van der Waals surface area contributed by atoms with Gasteiger partial charge in [0.25, 0.3) is 11.8 Å². The van der Waals surface area contributed by atoms with Crippen LogP contribution in [0.2, 0.25) is 0 Å². The molecule has 0 saturated carbocycles. The molecule has 9 heteroatoms. The Bertz CT molecular complexity index is 1020. The van der Waals surface area contributed by atoms with E-state index in [-0.39, 0.29) is 17.9 Å². The minimum Gasteiger partial charge on any atom is -0.454 e. The first kappa shape index (κ1) is 22.5. The first-order valence-electron chi connectivity index (χ1n) is 9.89. The summed E-state index contributed by atoms with van der Waals surface area (Å²) in [5, 5.41) is 5.23. The molecule has 0 bridgehead atoms. The smallest absolute Gasteiger partial charge is 0.329 e. The number of hydrogen-bond donors (Lipinski definition) is 2. The van der Waals surface area contributed by atoms with Crippen LogP contribution in [0.3, 0.4) is 0 Å². The quantitative estimate of drug-likeness (QED) is 0.584. The van der Waals surface area contributed by atoms with Crippen LogP contribution in [0.1, 0.15) is 22.3 Å². The summed E-state index contributed by atoms with van der Waals surface area (Å²) >= 11 is 0. The molecule has 0 aliphatic carbocycles. The highest BCUT2D eigenvalue weighted by Crippen LogP contribution is 2.11. The SMILES string of the molecule is O=C(COC(=O)C(Cc1ccccc1)NC(=O)c1ccccc1)NC1CCS(=O)(=O)C1. The van der Waals surface area contributed by atoms with Crippen LogP contribution in [0, 0.1) is 0 Å². The molecular weight excluding hydrogens is 420 g/mol. The molecule has 2 aromatic carbocycles. The van der Waals surface area contributed by atoms with Crippen LogP contribution in [-0.2, 0) is 30.6 Å². The second-order valence-corrected chi connectivity index (χ2v) is 9.59. The van der Waals surface area contributed by atoms with Gasteiger partial charge in [-0.2, -0.15) is 0 Å². The maximum Gasteiger partial charge on any atom is 0.329 e. The highest BCUT2D eigenvalue weighted by atomic mass is 32.2. The van der Waals surface area contributed by atoms with Crippen LogP contribution in [-0.4, -0.2) is 56.4 Å². The molecule has 1 heterocycles. The molecule has 8 nitrogen and oxygen atoms in total. The predicted molar refractivity (Wildman–Crippen MR) is 114 cm³/mol. The Hall–Kier alpha value is -3.20. The first-order chi connectivity index (χ1) is 14.8. The van der Waals surface area contributed by atoms with Crippen molar-refractivity contribution in [1.29, 1.82) is 0 Å². The Morgan fingerprint density at radius 1 is 1.00 bits per heavy atom. The van der Waals surface area contributed by atoms with Crippen molar-refractivity contribution in [1.82, 2.24) is 10.6 Å². The second kappa shape index (κ2) is 10.2. The first-order valence-corrected chi connectivity index (χ1v) is 11.7. The summed E-state index contributed by atoms with van der Waals surface area (Å²) in [6.07, 6.45) is 0.534. The molecule has 0 radical (unpaired) electrons. The van der Waals surface area contributed by atoms with Crippen molar-refractivity contribution in [2.24, 2.45) is 0 Å². The van der Waals surface area contributed by atoms with E-state index in [0.29, 0.717) is 12.0 Å². The Balaban J connectivity index is 1.60. The number of benzene rings is 2. The third kappa shape index (κ3) is 6.92. The van der Waals surface area contributed by atoms with E-state index in [1.165, 1.54) is 0 Å². The largest absolute Gasteiger partial charge is 0.454 e. The van der Waals surface area contributed by atoms with E-state index in [2.05, 4.69) is 10.6 Å². The van der Waals surface area contributed by atoms with Gasteiger partial charge >= 0.3 is 5.97 Å². The number of hydrogen-bond acceptors (Lipinski definition) is 6. The summed E-state index contributed by atoms with van der Waals surface area (Å²) in [7, 11) is -3.13. The highest BCUT2D eigenvalue weighted by molar-refractivity contribution is 7.91. The zero-order valence-electron chi connectivity index (χ0n) is 16.8. The monoisotopic (exact) mass is 444 g/mol. The van der Waals surface area contributed by atoms with Gasteiger partial charge in [0.05, 0.1) is 11.5 Å². The van der Waals surface area contributed by atoms with Gasteiger partial charge < -0.3 is 15.4 Å². The van der Waals surface area contributed by atoms with Gasteiger partial charge in [-0.15, -0.1) is 0 Å². The Labute approximate surface area is 180 Å². The molecule has 2 unspecified atom stereocenters. The average Bonchev–Trinajstić information content (AvgIpc) is 3.10. The molecule has 1 aliphatic rings. The normalized spacial score (nSPS) is 18.0. The summed E-state index contributed by atoms with van der Waals surface area (Å²) in [6, 6.07) is 16.1. The lowest BCUT2D eigenvalue weighted by Gasteiger charge is -2.18. The van der Waals surface area contributed by atoms with E-state index in [1.807, 2.05) is 30.3 Å². The lowest BCUT2D eigenvalue weighted by molar-refractivity contribution is -0.150. The summed E-state index contributed by atoms with van der Waals surface area (Å²) in [4.78, 5) is 37.2. The Morgan fingerprint density at radius 3 is 2.26 bits per heavy atom. The fraction of sp³-hybridized carbons (Fsp3) is 0.318. The Morgan fingerprint density at radius 2 is 1.65 bits per heavy atom. The van der Waals surface area contributed by atoms with Crippen LogP contribution >= 0.6 is 0 Å². The van der Waals surface area contributed by atoms with Gasteiger partial charge in [-0.1, -0.05) is 48.5 Å². The van der Waals surface area contributed by atoms with Crippen LogP contribution < -0.4 is 10.6 Å². The third-order valence-corrected chi connectivity index (χ3v) is 6.62. The molecule has 1 aliphatic heterocycles. The highest BCUT2D eigenvalue weighted by Gasteiger charge is 2.29. The molecule has 2 aromatic rings. The van der Waals surface area contributed by atoms with Gasteiger partial charge in [-0.25, -0.2) is 13.2 Å². The number of carbonyl (C=O) groups is 3. The van der Waals surface area contributed by atoms with E-state index < -0.39 is 46.3 Å². The summed E-state index contributed by atoms with van der Waals surface area (Å²) in [5.74, 6) is -1.84. The van der Waals surface area contributed by atoms with Gasteiger partial charge in [-0.05, 0) is 24.1 Å². The van der Waals surface area contributed by atoms with E-state index in [9.17, 15) is 22.8 Å². The number of carbonyl (C=O) groups excluding carboxylic acids is 3. The fourth-order valence-electron chi connectivity index (χ4n) is 3.29. The summed E-state index contributed by atoms with van der Waals surface area (Å²) in [5.41, 5.74) is 1.21. The van der Waals surface area contributed by atoms with E-state index in [1.54, 1.807) is 30.3 Å². The van der Waals surface area contributed by atoms with Gasteiger partial charge in [-0.3, -0.25) is 9.59 Å². The van der Waals surface area contributed by atoms with Crippen LogP contribution in [0.5, 0.6) is 0 Å². The molecule has 2 amide bonds. The maximum atomic E-state index is 12.6. The molecule has 1 fully saturated rings. The summed E-state index contributed by atoms with van der Waals surface area (Å²) in [6.45, 7) is -0.554. The minimum atomic E-state index is -3.13. The van der Waals surface area contributed by atoms with Gasteiger partial charge in [0.1, 0.15) is 6.04 Å². The molecule has 1 saturated heterocycles. The Kier molecular flexibility index (Phi) is 7.41. The number of rotatable bonds is 8. The van der Waals surface area contributed by atoms with Crippen molar-refractivity contribution in [2.75, 3.05) is 18.1 Å². The van der Waals surface area contributed by atoms with Crippen molar-refractivity contribution < 1.29 is 27.5 Å². The summed E-state index contributed by atoms with van der Waals surface area (Å²) < 4.78 is 28.1. The molecule has 3 rings (SSSR count). The van der Waals surface area contributed by atoms with Gasteiger partial charge in [0.15, 0.2) is 16.4 Å². The lowest BCUT2D eigenvalue weighted by Crippen LogP contribution is -2.45. The van der Waals surface area contributed by atoms with E-state index >= 15 is 0 Å². The number of nitrogens with one attached hydrogen (secondary N) is 2. The second-order valence-electron chi connectivity index (χ2n) is 7.36. The standard InChI is InChI=1S/C22H24N2O6S/c25-20(23-18-11-12-31(28,29)15-18)14-30-22(27)19(13-16-7-3-1-4-8-16)24-21(26)17-9-5-2-6-10-17/h1-10,18-19H,11-15H2,(H,23,25)(H,24,26). The van der Waals surface area contributed by atoms with E-state index in [4.69, 9.17) is 4.74 Å². The molecule has 164 valence electrons. The zero-order chi connectivity index (χ0) is 22.3. The molecule has 2 N–H and O–H groups in total. The molecule has 0 aromatic heterocycles. The van der Waals surface area contributed by atoms with Crippen molar-refractivity contribution in [3.8, 4) is 0 Å². The number of esters is 1. The maximum absolute atomic E-state index is 12.6. The lowest BCUT2D eigenvalue weighted by atomic mass is 10.1. The number of ether oxygens (including phenoxy) is 1. The van der Waals surface area contributed by atoms with Crippen molar-refractivity contribution in [2.45, 2.75) is 24.9 Å². The average molecular weight is 445 g/mol. The molecule has 2 atom stereocenters. The van der Waals surface area contributed by atoms with E-state index in [0.717, 1.165) is 5.56 Å². The zero-order valence-corrected chi connectivity index (χ0v) is 17.6. The van der Waals surface area contributed by atoms with Crippen molar-refractivity contribution >= 4 is 27.6 Å². The van der Waals surface area contributed by atoms with Crippen LogP contribution in [0.4, 0.5) is 0 Å². The van der Waals surface area contributed by atoms with Gasteiger partial charge in [0, 0.05) is 18.0 Å². The van der Waals surface area contributed by atoms with Gasteiger partial charge in [0.2, 0.25) is 0 Å². The number of amides is 2. The topological polar surface area (TPSA) is 119 Å². The van der Waals surface area contributed by atoms with Crippen molar-refractivity contribution in [3.05, 3.63) is 71.8 Å². The molecule has 31 heavy (non-hydrogen) atoms. The minimum absolute atomic E-state index is 0.0302. The third-order valence-electron chi connectivity index (χ3n) is 4.85.